The molecule has 1 saturated heterocycles. The van der Waals surface area contributed by atoms with Crippen molar-refractivity contribution in [3.63, 3.8) is 0 Å². The van der Waals surface area contributed by atoms with Crippen LogP contribution >= 0.6 is 15.9 Å². The Labute approximate surface area is 257 Å². The molecule has 0 saturated carbocycles. The van der Waals surface area contributed by atoms with E-state index in [1.807, 2.05) is 32.0 Å². The van der Waals surface area contributed by atoms with Gasteiger partial charge < -0.3 is 19.1 Å². The van der Waals surface area contributed by atoms with Crippen LogP contribution in [0.2, 0.25) is 0 Å². The SMILES string of the molecule is Cc1ccc(Oc2ccc(N3C[C@@H](C(=O)OCC(=O)c4ccc(OC(=O)c5ccc(Br)cc5)cc4)CC3=O)cc2)cc1C. The Morgan fingerprint density at radius 2 is 1.42 bits per heavy atom. The van der Waals surface area contributed by atoms with Gasteiger partial charge in [-0.25, -0.2) is 4.79 Å². The van der Waals surface area contributed by atoms with Crippen LogP contribution in [0.5, 0.6) is 17.2 Å². The number of amides is 1. The number of hydrogen-bond acceptors (Lipinski definition) is 7. The van der Waals surface area contributed by atoms with Crippen molar-refractivity contribution in [2.45, 2.75) is 20.3 Å². The summed E-state index contributed by atoms with van der Waals surface area (Å²) < 4.78 is 17.4. The zero-order valence-corrected chi connectivity index (χ0v) is 25.1. The molecule has 1 aliphatic rings. The Balaban J connectivity index is 1.11. The smallest absolute Gasteiger partial charge is 0.343 e. The van der Waals surface area contributed by atoms with Crippen molar-refractivity contribution in [1.82, 2.24) is 0 Å². The zero-order valence-electron chi connectivity index (χ0n) is 23.5. The summed E-state index contributed by atoms with van der Waals surface area (Å²) in [6.07, 6.45) is -0.00759. The third kappa shape index (κ3) is 7.37. The van der Waals surface area contributed by atoms with Crippen molar-refractivity contribution in [3.8, 4) is 17.2 Å². The second-order valence-electron chi connectivity index (χ2n) is 10.2. The molecular weight excluding hydrogens is 614 g/mol. The first-order chi connectivity index (χ1) is 20.7. The van der Waals surface area contributed by atoms with Crippen LogP contribution in [0.1, 0.15) is 38.3 Å². The molecule has 1 amide bonds. The van der Waals surface area contributed by atoms with Crippen LogP contribution in [0.15, 0.2) is 95.5 Å². The summed E-state index contributed by atoms with van der Waals surface area (Å²) in [4.78, 5) is 51.8. The van der Waals surface area contributed by atoms with E-state index in [1.54, 1.807) is 48.5 Å². The fraction of sp³-hybridized carbons (Fsp3) is 0.176. The number of carbonyl (C=O) groups is 4. The molecule has 43 heavy (non-hydrogen) atoms. The van der Waals surface area contributed by atoms with Gasteiger partial charge in [-0.05, 0) is 110 Å². The van der Waals surface area contributed by atoms with Crippen LogP contribution < -0.4 is 14.4 Å². The van der Waals surface area contributed by atoms with Crippen LogP contribution in [0, 0.1) is 19.8 Å². The average Bonchev–Trinajstić information content (AvgIpc) is 3.40. The van der Waals surface area contributed by atoms with Crippen LogP contribution in [0.3, 0.4) is 0 Å². The first-order valence-corrected chi connectivity index (χ1v) is 14.4. The van der Waals surface area contributed by atoms with Gasteiger partial charge in [0.25, 0.3) is 0 Å². The van der Waals surface area contributed by atoms with Gasteiger partial charge in [0.1, 0.15) is 17.2 Å². The van der Waals surface area contributed by atoms with Crippen molar-refractivity contribution in [2.24, 2.45) is 5.92 Å². The fourth-order valence-corrected chi connectivity index (χ4v) is 4.79. The van der Waals surface area contributed by atoms with Gasteiger partial charge >= 0.3 is 11.9 Å². The number of benzene rings is 4. The predicted molar refractivity (Wildman–Crippen MR) is 164 cm³/mol. The molecule has 0 radical (unpaired) electrons. The molecule has 0 spiro atoms. The number of anilines is 1. The van der Waals surface area contributed by atoms with E-state index in [0.717, 1.165) is 15.8 Å². The third-order valence-electron chi connectivity index (χ3n) is 7.13. The van der Waals surface area contributed by atoms with Crippen molar-refractivity contribution < 1.29 is 33.4 Å². The van der Waals surface area contributed by atoms with Gasteiger partial charge in [0.05, 0.1) is 11.5 Å². The van der Waals surface area contributed by atoms with E-state index in [4.69, 9.17) is 14.2 Å². The summed E-state index contributed by atoms with van der Waals surface area (Å²) in [6, 6.07) is 25.7. The maximum absolute atomic E-state index is 12.7. The van der Waals surface area contributed by atoms with E-state index in [0.29, 0.717) is 22.6 Å². The lowest BCUT2D eigenvalue weighted by molar-refractivity contribution is -0.147. The molecule has 8 nitrogen and oxygen atoms in total. The van der Waals surface area contributed by atoms with Gasteiger partial charge in [0.2, 0.25) is 5.91 Å². The van der Waals surface area contributed by atoms with E-state index >= 15 is 0 Å². The van der Waals surface area contributed by atoms with Crippen molar-refractivity contribution in [1.29, 1.82) is 0 Å². The second-order valence-corrected chi connectivity index (χ2v) is 11.1. The van der Waals surface area contributed by atoms with Crippen LogP contribution in [-0.4, -0.2) is 36.8 Å². The first-order valence-electron chi connectivity index (χ1n) is 13.6. The van der Waals surface area contributed by atoms with Gasteiger partial charge in [0, 0.05) is 28.7 Å². The average molecular weight is 643 g/mol. The Bertz CT molecular complexity index is 1660. The summed E-state index contributed by atoms with van der Waals surface area (Å²) >= 11 is 3.32. The minimum Gasteiger partial charge on any atom is -0.457 e. The fourth-order valence-electron chi connectivity index (χ4n) is 4.52. The lowest BCUT2D eigenvalue weighted by Crippen LogP contribution is -2.27. The molecule has 5 rings (SSSR count). The second kappa shape index (κ2) is 13.0. The van der Waals surface area contributed by atoms with E-state index in [9.17, 15) is 19.2 Å². The van der Waals surface area contributed by atoms with Crippen LogP contribution in [-0.2, 0) is 14.3 Å². The standard InChI is InChI=1S/C34H28BrNO7/c1-21-3-12-30(17-22(21)2)42-28-15-10-27(11-16-28)36-19-25(18-32(36)38)33(39)41-20-31(37)23-6-13-29(14-7-23)43-34(40)24-4-8-26(35)9-5-24/h3-17,25H,18-20H2,1-2H3/t25-/m0/s1. The monoisotopic (exact) mass is 641 g/mol. The summed E-state index contributed by atoms with van der Waals surface area (Å²) in [5.41, 5.74) is 3.64. The lowest BCUT2D eigenvalue weighted by atomic mass is 10.1. The number of hydrogen-bond donors (Lipinski definition) is 0. The number of ether oxygens (including phenoxy) is 3. The van der Waals surface area contributed by atoms with E-state index in [1.165, 1.54) is 34.7 Å². The highest BCUT2D eigenvalue weighted by Gasteiger charge is 2.36. The maximum atomic E-state index is 12.7. The summed E-state index contributed by atoms with van der Waals surface area (Å²) in [5.74, 6) is -0.821. The molecule has 0 aromatic heterocycles. The number of nitrogens with zero attached hydrogens (tertiary/aromatic N) is 1. The highest BCUT2D eigenvalue weighted by molar-refractivity contribution is 9.10. The summed E-state index contributed by atoms with van der Waals surface area (Å²) in [5, 5.41) is 0. The molecule has 1 atom stereocenters. The minimum atomic E-state index is -0.688. The number of aryl methyl sites for hydroxylation is 2. The molecule has 0 unspecified atom stereocenters. The number of ketones is 1. The topological polar surface area (TPSA) is 99.2 Å². The Morgan fingerprint density at radius 3 is 2.09 bits per heavy atom. The normalized spacial score (nSPS) is 14.3. The number of Topliss-reactive ketones (excluding diaryl/α,β-unsaturated/α-hetero) is 1. The quantitative estimate of drug-likeness (QED) is 0.112. The predicted octanol–water partition coefficient (Wildman–Crippen LogP) is 6.86. The molecule has 1 aliphatic heterocycles. The lowest BCUT2D eigenvalue weighted by Gasteiger charge is -2.17. The molecular formula is C34H28BrNO7. The first kappa shape index (κ1) is 29.7. The molecule has 218 valence electrons. The van der Waals surface area contributed by atoms with E-state index < -0.39 is 30.2 Å². The van der Waals surface area contributed by atoms with Crippen LogP contribution in [0.25, 0.3) is 0 Å². The van der Waals surface area contributed by atoms with Gasteiger partial charge in [0.15, 0.2) is 12.4 Å². The van der Waals surface area contributed by atoms with E-state index in [2.05, 4.69) is 15.9 Å². The number of carbonyl (C=O) groups excluding carboxylic acids is 4. The summed E-state index contributed by atoms with van der Waals surface area (Å²) in [7, 11) is 0. The number of rotatable bonds is 9. The molecule has 4 aromatic carbocycles. The van der Waals surface area contributed by atoms with Gasteiger partial charge in [-0.15, -0.1) is 0 Å². The van der Waals surface area contributed by atoms with Crippen LogP contribution in [0.4, 0.5) is 5.69 Å². The van der Waals surface area contributed by atoms with Crippen molar-refractivity contribution >= 4 is 45.2 Å². The van der Waals surface area contributed by atoms with Gasteiger partial charge in [-0.1, -0.05) is 22.0 Å². The van der Waals surface area contributed by atoms with Gasteiger partial charge in [-0.3, -0.25) is 14.4 Å². The summed E-state index contributed by atoms with van der Waals surface area (Å²) in [6.45, 7) is 3.74. The molecule has 0 bridgehead atoms. The molecule has 1 heterocycles. The van der Waals surface area contributed by atoms with Crippen molar-refractivity contribution in [3.05, 3.63) is 118 Å². The highest BCUT2D eigenvalue weighted by atomic mass is 79.9. The molecule has 0 N–H and O–H groups in total. The Morgan fingerprint density at radius 1 is 0.791 bits per heavy atom. The molecule has 1 fully saturated rings. The molecule has 4 aromatic rings. The Hall–Kier alpha value is -4.76. The molecule has 0 aliphatic carbocycles. The maximum Gasteiger partial charge on any atom is 0.343 e. The largest absolute Gasteiger partial charge is 0.457 e. The number of halogens is 1. The molecule has 9 heteroatoms. The minimum absolute atomic E-state index is 0.00759. The third-order valence-corrected chi connectivity index (χ3v) is 7.66. The van der Waals surface area contributed by atoms with Crippen molar-refractivity contribution in [2.75, 3.05) is 18.1 Å². The van der Waals surface area contributed by atoms with E-state index in [-0.39, 0.29) is 24.6 Å². The number of esters is 2. The zero-order chi connectivity index (χ0) is 30.5. The highest BCUT2D eigenvalue weighted by Crippen LogP contribution is 2.30. The van der Waals surface area contributed by atoms with Gasteiger partial charge in [-0.2, -0.15) is 0 Å². The Kier molecular flexibility index (Phi) is 9.01.